The highest BCUT2D eigenvalue weighted by molar-refractivity contribution is 7.21. The summed E-state index contributed by atoms with van der Waals surface area (Å²) in [6.45, 7) is 3.00. The Bertz CT molecular complexity index is 1170. The summed E-state index contributed by atoms with van der Waals surface area (Å²) in [6, 6.07) is 12.1. The molecule has 5 rings (SSSR count). The Kier molecular flexibility index (Phi) is 6.22. The summed E-state index contributed by atoms with van der Waals surface area (Å²) in [5.74, 6) is 1.57. The quantitative estimate of drug-likeness (QED) is 0.421. The van der Waals surface area contributed by atoms with Crippen molar-refractivity contribution >= 4 is 38.3 Å². The van der Waals surface area contributed by atoms with E-state index in [2.05, 4.69) is 32.3 Å². The number of ether oxygens (including phenoxy) is 1. The first-order valence-corrected chi connectivity index (χ1v) is 11.7. The van der Waals surface area contributed by atoms with Gasteiger partial charge in [0.2, 0.25) is 0 Å². The molecular formula is C24H26N6OS. The van der Waals surface area contributed by atoms with Crippen LogP contribution in [0, 0.1) is 5.92 Å². The van der Waals surface area contributed by atoms with Crippen molar-refractivity contribution in [2.24, 2.45) is 5.92 Å². The van der Waals surface area contributed by atoms with E-state index in [-0.39, 0.29) is 0 Å². The fraction of sp³-hybridized carbons (Fsp3) is 0.333. The number of methoxy groups -OCH3 is 1. The molecule has 164 valence electrons. The molecule has 1 aliphatic heterocycles. The van der Waals surface area contributed by atoms with Gasteiger partial charge in [-0.1, -0.05) is 11.3 Å². The van der Waals surface area contributed by atoms with Gasteiger partial charge in [-0.3, -0.25) is 4.98 Å². The van der Waals surface area contributed by atoms with Crippen LogP contribution in [-0.2, 0) is 4.74 Å². The Morgan fingerprint density at radius 1 is 1.06 bits per heavy atom. The number of nitrogens with one attached hydrogen (secondary N) is 1. The number of hydrogen-bond acceptors (Lipinski definition) is 8. The first-order valence-electron chi connectivity index (χ1n) is 10.9. The van der Waals surface area contributed by atoms with E-state index in [1.807, 2.05) is 30.5 Å². The number of piperidine rings is 1. The summed E-state index contributed by atoms with van der Waals surface area (Å²) in [5.41, 5.74) is 4.05. The minimum atomic E-state index is 0.762. The highest BCUT2D eigenvalue weighted by Gasteiger charge is 2.19. The van der Waals surface area contributed by atoms with Crippen molar-refractivity contribution in [3.05, 3.63) is 55.0 Å². The third-order valence-corrected chi connectivity index (χ3v) is 6.80. The first-order chi connectivity index (χ1) is 15.8. The lowest BCUT2D eigenvalue weighted by atomic mass is 9.93. The van der Waals surface area contributed by atoms with E-state index in [0.29, 0.717) is 0 Å². The normalized spacial score (nSPS) is 14.7. The van der Waals surface area contributed by atoms with Crippen LogP contribution >= 0.6 is 11.3 Å². The van der Waals surface area contributed by atoms with Crippen LogP contribution in [0.5, 0.6) is 0 Å². The van der Waals surface area contributed by atoms with Gasteiger partial charge in [0.25, 0.3) is 0 Å². The van der Waals surface area contributed by atoms with Crippen molar-refractivity contribution in [3.63, 3.8) is 0 Å². The third-order valence-electron chi connectivity index (χ3n) is 5.92. The fourth-order valence-electron chi connectivity index (χ4n) is 4.11. The molecule has 5 heterocycles. The van der Waals surface area contributed by atoms with Gasteiger partial charge in [-0.15, -0.1) is 0 Å². The molecule has 0 bridgehead atoms. The predicted molar refractivity (Wildman–Crippen MR) is 130 cm³/mol. The van der Waals surface area contributed by atoms with Gasteiger partial charge in [0, 0.05) is 62.7 Å². The molecule has 0 saturated carbocycles. The Balaban J connectivity index is 1.28. The molecule has 32 heavy (non-hydrogen) atoms. The van der Waals surface area contributed by atoms with Crippen molar-refractivity contribution in [1.29, 1.82) is 0 Å². The second-order valence-corrected chi connectivity index (χ2v) is 8.99. The highest BCUT2D eigenvalue weighted by Crippen LogP contribution is 2.31. The van der Waals surface area contributed by atoms with Crippen LogP contribution in [0.25, 0.3) is 21.6 Å². The van der Waals surface area contributed by atoms with Gasteiger partial charge in [-0.25, -0.2) is 15.0 Å². The molecule has 0 aromatic carbocycles. The lowest BCUT2D eigenvalue weighted by Gasteiger charge is -2.33. The highest BCUT2D eigenvalue weighted by atomic mass is 32.1. The monoisotopic (exact) mass is 446 g/mol. The molecule has 0 amide bonds. The van der Waals surface area contributed by atoms with Crippen molar-refractivity contribution in [2.75, 3.05) is 37.0 Å². The van der Waals surface area contributed by atoms with Crippen LogP contribution in [-0.4, -0.2) is 46.7 Å². The molecule has 8 heteroatoms. The predicted octanol–water partition coefficient (Wildman–Crippen LogP) is 5.14. The molecular weight excluding hydrogens is 420 g/mol. The molecule has 1 saturated heterocycles. The number of aromatic nitrogens is 4. The summed E-state index contributed by atoms with van der Waals surface area (Å²) in [6.07, 6.45) is 8.99. The SMILES string of the molecule is COCCC1CCN(c2ccnc(Nc3nc4ccc(-c5ccncc5)nc4s3)c2)CC1. The average molecular weight is 447 g/mol. The van der Waals surface area contributed by atoms with Gasteiger partial charge in [0.05, 0.1) is 5.69 Å². The fourth-order valence-corrected chi connectivity index (χ4v) is 4.96. The molecule has 0 unspecified atom stereocenters. The maximum Gasteiger partial charge on any atom is 0.190 e. The van der Waals surface area contributed by atoms with E-state index in [4.69, 9.17) is 14.7 Å². The third kappa shape index (κ3) is 4.71. The summed E-state index contributed by atoms with van der Waals surface area (Å²) in [7, 11) is 1.78. The average Bonchev–Trinajstić information content (AvgIpc) is 3.25. The lowest BCUT2D eigenvalue weighted by molar-refractivity contribution is 0.170. The second kappa shape index (κ2) is 9.58. The van der Waals surface area contributed by atoms with E-state index in [9.17, 15) is 0 Å². The van der Waals surface area contributed by atoms with E-state index >= 15 is 0 Å². The Morgan fingerprint density at radius 3 is 2.72 bits per heavy atom. The maximum absolute atomic E-state index is 5.24. The molecule has 4 aromatic heterocycles. The van der Waals surface area contributed by atoms with Gasteiger partial charge in [0.15, 0.2) is 5.13 Å². The molecule has 0 spiro atoms. The van der Waals surface area contributed by atoms with Crippen LogP contribution in [0.15, 0.2) is 55.0 Å². The lowest BCUT2D eigenvalue weighted by Crippen LogP contribution is -2.34. The van der Waals surface area contributed by atoms with Gasteiger partial charge in [0.1, 0.15) is 16.2 Å². The zero-order valence-electron chi connectivity index (χ0n) is 18.1. The van der Waals surface area contributed by atoms with E-state index in [0.717, 1.165) is 64.6 Å². The standard InChI is InChI=1S/C24H26N6OS/c1-31-15-9-17-7-13-30(14-8-17)19-6-12-26-22(16-19)29-24-28-21-3-2-20(27-23(21)32-24)18-4-10-25-11-5-18/h2-6,10-12,16-17H,7-9,13-15H2,1H3,(H,26,28,29). The second-order valence-electron chi connectivity index (χ2n) is 8.01. The summed E-state index contributed by atoms with van der Waals surface area (Å²) in [5, 5.41) is 4.17. The zero-order chi connectivity index (χ0) is 21.8. The summed E-state index contributed by atoms with van der Waals surface area (Å²) >= 11 is 1.54. The van der Waals surface area contributed by atoms with Crippen molar-refractivity contribution in [3.8, 4) is 11.3 Å². The summed E-state index contributed by atoms with van der Waals surface area (Å²) < 4.78 is 5.24. The van der Waals surface area contributed by atoms with Gasteiger partial charge < -0.3 is 15.0 Å². The van der Waals surface area contributed by atoms with Crippen LogP contribution < -0.4 is 10.2 Å². The number of anilines is 3. The molecule has 1 N–H and O–H groups in total. The number of fused-ring (bicyclic) bond motifs is 1. The minimum absolute atomic E-state index is 0.762. The van der Waals surface area contributed by atoms with E-state index in [1.54, 1.807) is 19.5 Å². The topological polar surface area (TPSA) is 76.1 Å². The van der Waals surface area contributed by atoms with Crippen molar-refractivity contribution < 1.29 is 4.74 Å². The van der Waals surface area contributed by atoms with Gasteiger partial charge in [-0.05, 0) is 55.5 Å². The van der Waals surface area contributed by atoms with Crippen LogP contribution in [0.2, 0.25) is 0 Å². The number of nitrogens with zero attached hydrogens (tertiary/aromatic N) is 5. The minimum Gasteiger partial charge on any atom is -0.385 e. The smallest absolute Gasteiger partial charge is 0.190 e. The molecule has 0 aliphatic carbocycles. The number of thiazole rings is 1. The Labute approximate surface area is 191 Å². The molecule has 1 fully saturated rings. The maximum atomic E-state index is 5.24. The van der Waals surface area contributed by atoms with Gasteiger partial charge in [-0.2, -0.15) is 0 Å². The molecule has 0 radical (unpaired) electrons. The largest absolute Gasteiger partial charge is 0.385 e. The molecule has 7 nitrogen and oxygen atoms in total. The Hall–Kier alpha value is -3.10. The Morgan fingerprint density at radius 2 is 1.91 bits per heavy atom. The first kappa shape index (κ1) is 20.8. The van der Waals surface area contributed by atoms with Gasteiger partial charge >= 0.3 is 0 Å². The van der Waals surface area contributed by atoms with Crippen molar-refractivity contribution in [2.45, 2.75) is 19.3 Å². The summed E-state index contributed by atoms with van der Waals surface area (Å²) in [4.78, 5) is 21.4. The molecule has 0 atom stereocenters. The van der Waals surface area contributed by atoms with Crippen molar-refractivity contribution in [1.82, 2.24) is 19.9 Å². The van der Waals surface area contributed by atoms with E-state index < -0.39 is 0 Å². The van der Waals surface area contributed by atoms with Crippen LogP contribution in [0.1, 0.15) is 19.3 Å². The zero-order valence-corrected chi connectivity index (χ0v) is 18.9. The van der Waals surface area contributed by atoms with E-state index in [1.165, 1.54) is 29.9 Å². The number of rotatable bonds is 7. The number of hydrogen-bond donors (Lipinski definition) is 1. The van der Waals surface area contributed by atoms with Crippen LogP contribution in [0.3, 0.4) is 0 Å². The number of pyridine rings is 3. The molecule has 4 aromatic rings. The van der Waals surface area contributed by atoms with Crippen LogP contribution in [0.4, 0.5) is 16.6 Å². The molecule has 1 aliphatic rings.